The maximum absolute atomic E-state index is 12.8. The van der Waals surface area contributed by atoms with E-state index in [1.165, 1.54) is 0 Å². The lowest BCUT2D eigenvalue weighted by atomic mass is 9.92. The van der Waals surface area contributed by atoms with Crippen LogP contribution >= 0.6 is 0 Å². The van der Waals surface area contributed by atoms with Crippen molar-refractivity contribution in [1.29, 1.82) is 0 Å². The zero-order chi connectivity index (χ0) is 18.2. The molecule has 7 nitrogen and oxygen atoms in total. The van der Waals surface area contributed by atoms with Crippen LogP contribution in [0.15, 0.2) is 24.3 Å². The van der Waals surface area contributed by atoms with Gasteiger partial charge in [0.1, 0.15) is 17.8 Å². The number of imide groups is 1. The molecular formula is C18H23N3O4. The van der Waals surface area contributed by atoms with Crippen LogP contribution in [0.2, 0.25) is 0 Å². The molecule has 0 aromatic heterocycles. The minimum Gasteiger partial charge on any atom is -0.497 e. The van der Waals surface area contributed by atoms with E-state index in [9.17, 15) is 14.4 Å². The van der Waals surface area contributed by atoms with Gasteiger partial charge in [0.2, 0.25) is 5.91 Å². The van der Waals surface area contributed by atoms with Crippen molar-refractivity contribution in [1.82, 2.24) is 15.5 Å². The fourth-order valence-electron chi connectivity index (χ4n) is 3.12. The summed E-state index contributed by atoms with van der Waals surface area (Å²) >= 11 is 0. The third-order valence-corrected chi connectivity index (χ3v) is 4.96. The van der Waals surface area contributed by atoms with E-state index in [2.05, 4.69) is 10.6 Å². The van der Waals surface area contributed by atoms with Gasteiger partial charge < -0.3 is 15.4 Å². The fourth-order valence-corrected chi connectivity index (χ4v) is 3.12. The van der Waals surface area contributed by atoms with Crippen LogP contribution in [0, 0.1) is 5.92 Å². The smallest absolute Gasteiger partial charge is 0.325 e. The van der Waals surface area contributed by atoms with Gasteiger partial charge in [0.25, 0.3) is 5.91 Å². The minimum absolute atomic E-state index is 0.0706. The van der Waals surface area contributed by atoms with Crippen molar-refractivity contribution in [3.8, 4) is 5.75 Å². The zero-order valence-corrected chi connectivity index (χ0v) is 14.7. The van der Waals surface area contributed by atoms with Gasteiger partial charge in [0, 0.05) is 6.04 Å². The van der Waals surface area contributed by atoms with E-state index < -0.39 is 17.5 Å². The van der Waals surface area contributed by atoms with Crippen LogP contribution in [0.25, 0.3) is 0 Å². The molecule has 1 aliphatic carbocycles. The number of nitrogens with one attached hydrogen (secondary N) is 2. The predicted octanol–water partition coefficient (Wildman–Crippen LogP) is 1.38. The topological polar surface area (TPSA) is 87.7 Å². The Labute approximate surface area is 146 Å². The van der Waals surface area contributed by atoms with Crippen LogP contribution in [0.3, 0.4) is 0 Å². The molecule has 134 valence electrons. The lowest BCUT2D eigenvalue weighted by molar-refractivity contribution is -0.135. The largest absolute Gasteiger partial charge is 0.497 e. The molecule has 1 aromatic carbocycles. The lowest BCUT2D eigenvalue weighted by Crippen LogP contribution is -2.45. The van der Waals surface area contributed by atoms with Crippen molar-refractivity contribution < 1.29 is 19.1 Å². The van der Waals surface area contributed by atoms with Crippen LogP contribution in [-0.4, -0.2) is 42.4 Å². The van der Waals surface area contributed by atoms with Crippen LogP contribution in [0.1, 0.15) is 32.3 Å². The molecule has 0 unspecified atom stereocenters. The molecule has 3 rings (SSSR count). The molecule has 2 aliphatic rings. The van der Waals surface area contributed by atoms with E-state index in [1.54, 1.807) is 38.3 Å². The van der Waals surface area contributed by atoms with Gasteiger partial charge >= 0.3 is 6.03 Å². The monoisotopic (exact) mass is 345 g/mol. The van der Waals surface area contributed by atoms with Crippen LogP contribution < -0.4 is 15.4 Å². The molecule has 1 saturated carbocycles. The minimum atomic E-state index is -1.19. The second-order valence-corrected chi connectivity index (χ2v) is 6.87. The Kier molecular flexibility index (Phi) is 4.41. The Hall–Kier alpha value is -2.57. The van der Waals surface area contributed by atoms with Crippen molar-refractivity contribution in [2.75, 3.05) is 13.7 Å². The van der Waals surface area contributed by atoms with E-state index in [-0.39, 0.29) is 18.5 Å². The maximum atomic E-state index is 12.8. The number of benzene rings is 1. The van der Waals surface area contributed by atoms with Gasteiger partial charge in [0.15, 0.2) is 0 Å². The Morgan fingerprint density at radius 3 is 2.56 bits per heavy atom. The van der Waals surface area contributed by atoms with Crippen LogP contribution in [0.4, 0.5) is 4.79 Å². The summed E-state index contributed by atoms with van der Waals surface area (Å²) in [6.07, 6.45) is 2.22. The maximum Gasteiger partial charge on any atom is 0.325 e. The molecule has 0 spiro atoms. The fraction of sp³-hybridized carbons (Fsp3) is 0.500. The summed E-state index contributed by atoms with van der Waals surface area (Å²) in [5.41, 5.74) is -0.549. The number of urea groups is 1. The van der Waals surface area contributed by atoms with Crippen molar-refractivity contribution >= 4 is 17.8 Å². The van der Waals surface area contributed by atoms with Gasteiger partial charge in [0.05, 0.1) is 7.11 Å². The Morgan fingerprint density at radius 2 is 2.00 bits per heavy atom. The summed E-state index contributed by atoms with van der Waals surface area (Å²) in [7, 11) is 1.56. The molecule has 2 fully saturated rings. The standard InChI is InChI=1S/C18H23N3O4/c1-11(12-4-5-12)19-15(22)10-21-16(23)18(2,20-17(21)24)13-6-8-14(25-3)9-7-13/h6-9,11-12H,4-5,10H2,1-3H3,(H,19,22)(H,20,24)/t11-,18+/m0/s1. The van der Waals surface area contributed by atoms with Gasteiger partial charge in [-0.25, -0.2) is 4.79 Å². The van der Waals surface area contributed by atoms with Crippen molar-refractivity contribution in [3.63, 3.8) is 0 Å². The van der Waals surface area contributed by atoms with E-state index in [0.717, 1.165) is 17.7 Å². The van der Waals surface area contributed by atoms with Crippen molar-refractivity contribution in [3.05, 3.63) is 29.8 Å². The number of hydrogen-bond donors (Lipinski definition) is 2. The number of carbonyl (C=O) groups is 3. The molecule has 25 heavy (non-hydrogen) atoms. The van der Waals surface area contributed by atoms with E-state index in [4.69, 9.17) is 4.74 Å². The van der Waals surface area contributed by atoms with E-state index in [0.29, 0.717) is 17.2 Å². The van der Waals surface area contributed by atoms with E-state index in [1.807, 2.05) is 6.92 Å². The molecule has 4 amide bonds. The van der Waals surface area contributed by atoms with Crippen LogP contribution in [0.5, 0.6) is 5.75 Å². The first-order valence-corrected chi connectivity index (χ1v) is 8.43. The summed E-state index contributed by atoms with van der Waals surface area (Å²) in [6, 6.07) is 6.43. The molecule has 1 aromatic rings. The SMILES string of the molecule is COc1ccc([C@@]2(C)NC(=O)N(CC(=O)N[C@@H](C)C3CC3)C2=O)cc1. The molecule has 1 aliphatic heterocycles. The molecule has 2 N–H and O–H groups in total. The number of amides is 4. The first-order valence-electron chi connectivity index (χ1n) is 8.43. The van der Waals surface area contributed by atoms with Crippen molar-refractivity contribution in [2.24, 2.45) is 5.92 Å². The number of rotatable bonds is 6. The highest BCUT2D eigenvalue weighted by Gasteiger charge is 2.49. The van der Waals surface area contributed by atoms with Gasteiger partial charge in [-0.3, -0.25) is 14.5 Å². The highest BCUT2D eigenvalue weighted by Crippen LogP contribution is 2.32. The predicted molar refractivity (Wildman–Crippen MR) is 90.9 cm³/mol. The summed E-state index contributed by atoms with van der Waals surface area (Å²) in [6.45, 7) is 3.32. The number of ether oxygens (including phenoxy) is 1. The number of hydrogen-bond acceptors (Lipinski definition) is 4. The molecular weight excluding hydrogens is 322 g/mol. The van der Waals surface area contributed by atoms with Gasteiger partial charge in [-0.15, -0.1) is 0 Å². The average molecular weight is 345 g/mol. The molecule has 1 saturated heterocycles. The third kappa shape index (κ3) is 3.31. The summed E-state index contributed by atoms with van der Waals surface area (Å²) < 4.78 is 5.11. The Balaban J connectivity index is 1.70. The lowest BCUT2D eigenvalue weighted by Gasteiger charge is -2.22. The average Bonchev–Trinajstić information content (AvgIpc) is 3.41. The summed E-state index contributed by atoms with van der Waals surface area (Å²) in [4.78, 5) is 38.2. The van der Waals surface area contributed by atoms with Gasteiger partial charge in [-0.05, 0) is 50.3 Å². The Morgan fingerprint density at radius 1 is 1.36 bits per heavy atom. The normalized spacial score (nSPS) is 24.0. The first-order chi connectivity index (χ1) is 11.8. The first kappa shape index (κ1) is 17.3. The van der Waals surface area contributed by atoms with Gasteiger partial charge in [-0.2, -0.15) is 0 Å². The zero-order valence-electron chi connectivity index (χ0n) is 14.7. The second-order valence-electron chi connectivity index (χ2n) is 6.87. The molecule has 2 atom stereocenters. The third-order valence-electron chi connectivity index (χ3n) is 4.96. The number of nitrogens with zero attached hydrogens (tertiary/aromatic N) is 1. The summed E-state index contributed by atoms with van der Waals surface area (Å²) in [5, 5.41) is 5.56. The highest BCUT2D eigenvalue weighted by molar-refractivity contribution is 6.09. The van der Waals surface area contributed by atoms with Crippen LogP contribution in [-0.2, 0) is 15.1 Å². The van der Waals surface area contributed by atoms with Gasteiger partial charge in [-0.1, -0.05) is 12.1 Å². The Bertz CT molecular complexity index is 699. The molecule has 1 heterocycles. The second kappa shape index (κ2) is 6.38. The highest BCUT2D eigenvalue weighted by atomic mass is 16.5. The molecule has 7 heteroatoms. The quantitative estimate of drug-likeness (QED) is 0.763. The number of methoxy groups -OCH3 is 1. The summed E-state index contributed by atoms with van der Waals surface area (Å²) in [5.74, 6) is 0.421. The molecule has 0 radical (unpaired) electrons. The van der Waals surface area contributed by atoms with E-state index >= 15 is 0 Å². The van der Waals surface area contributed by atoms with Crippen molar-refractivity contribution in [2.45, 2.75) is 38.3 Å². The molecule has 0 bridgehead atoms. The number of carbonyl (C=O) groups excluding carboxylic acids is 3.